The highest BCUT2D eigenvalue weighted by Gasteiger charge is 2.33. The van der Waals surface area contributed by atoms with Crippen LogP contribution in [0.15, 0.2) is 16.7 Å². The molecule has 1 amide bonds. The Morgan fingerprint density at radius 2 is 2.06 bits per heavy atom. The fourth-order valence-corrected chi connectivity index (χ4v) is 2.19. The first-order valence-corrected chi connectivity index (χ1v) is 6.12. The van der Waals surface area contributed by atoms with Crippen molar-refractivity contribution in [2.45, 2.75) is 12.2 Å². The van der Waals surface area contributed by atoms with Crippen LogP contribution in [-0.4, -0.2) is 51.3 Å². The SMILES string of the molecule is O=C(c1cc(Br)cnc1Cl)N1CC(O)C(O)C1. The summed E-state index contributed by atoms with van der Waals surface area (Å²) in [7, 11) is 0. The minimum atomic E-state index is -0.905. The molecule has 1 aromatic rings. The summed E-state index contributed by atoms with van der Waals surface area (Å²) in [6.45, 7) is 0.200. The van der Waals surface area contributed by atoms with Gasteiger partial charge in [-0.25, -0.2) is 4.98 Å². The van der Waals surface area contributed by atoms with Gasteiger partial charge in [0.25, 0.3) is 5.91 Å². The maximum atomic E-state index is 12.1. The smallest absolute Gasteiger partial charge is 0.257 e. The fourth-order valence-electron chi connectivity index (χ4n) is 1.68. The zero-order valence-electron chi connectivity index (χ0n) is 8.68. The third-order valence-electron chi connectivity index (χ3n) is 2.58. The molecular formula is C10H10BrClN2O3. The largest absolute Gasteiger partial charge is 0.388 e. The van der Waals surface area contributed by atoms with Crippen LogP contribution in [-0.2, 0) is 0 Å². The van der Waals surface area contributed by atoms with E-state index in [0.29, 0.717) is 4.47 Å². The van der Waals surface area contributed by atoms with Gasteiger partial charge in [-0.05, 0) is 22.0 Å². The van der Waals surface area contributed by atoms with E-state index >= 15 is 0 Å². The Labute approximate surface area is 111 Å². The Hall–Kier alpha value is -0.690. The second-order valence-corrected chi connectivity index (χ2v) is 5.11. The molecule has 2 unspecified atom stereocenters. The molecule has 0 saturated carbocycles. The summed E-state index contributed by atoms with van der Waals surface area (Å²) in [5.74, 6) is -0.348. The number of carbonyl (C=O) groups is 1. The van der Waals surface area contributed by atoms with Crippen molar-refractivity contribution in [2.75, 3.05) is 13.1 Å². The highest BCUT2D eigenvalue weighted by atomic mass is 79.9. The maximum absolute atomic E-state index is 12.1. The summed E-state index contributed by atoms with van der Waals surface area (Å²) < 4.78 is 0.644. The summed E-state index contributed by atoms with van der Waals surface area (Å²) in [5.41, 5.74) is 0.252. The van der Waals surface area contributed by atoms with Crippen LogP contribution in [0.5, 0.6) is 0 Å². The average Bonchev–Trinajstić information content (AvgIpc) is 2.62. The first kappa shape index (κ1) is 12.8. The highest BCUT2D eigenvalue weighted by molar-refractivity contribution is 9.10. The average molecular weight is 322 g/mol. The predicted octanol–water partition coefficient (Wildman–Crippen LogP) is 0.675. The summed E-state index contributed by atoms with van der Waals surface area (Å²) in [6, 6.07) is 1.56. The fraction of sp³-hybridized carbons (Fsp3) is 0.400. The predicted molar refractivity (Wildman–Crippen MR) is 64.9 cm³/mol. The van der Waals surface area contributed by atoms with E-state index in [0.717, 1.165) is 0 Å². The summed E-state index contributed by atoms with van der Waals surface area (Å²) in [4.78, 5) is 17.3. The van der Waals surface area contributed by atoms with Crippen LogP contribution in [0.25, 0.3) is 0 Å². The molecule has 1 aliphatic rings. The molecule has 92 valence electrons. The van der Waals surface area contributed by atoms with E-state index in [9.17, 15) is 15.0 Å². The number of aliphatic hydroxyl groups is 2. The molecule has 1 saturated heterocycles. The number of hydrogen-bond acceptors (Lipinski definition) is 4. The molecule has 0 radical (unpaired) electrons. The number of carbonyl (C=O) groups excluding carboxylic acids is 1. The summed E-state index contributed by atoms with van der Waals surface area (Å²) >= 11 is 9.04. The minimum Gasteiger partial charge on any atom is -0.388 e. The zero-order valence-corrected chi connectivity index (χ0v) is 11.0. The second-order valence-electron chi connectivity index (χ2n) is 3.84. The van der Waals surface area contributed by atoms with Crippen molar-refractivity contribution in [1.82, 2.24) is 9.88 Å². The van der Waals surface area contributed by atoms with Crippen molar-refractivity contribution in [2.24, 2.45) is 0 Å². The van der Waals surface area contributed by atoms with E-state index in [2.05, 4.69) is 20.9 Å². The van der Waals surface area contributed by atoms with Gasteiger partial charge in [-0.3, -0.25) is 4.79 Å². The molecule has 2 atom stereocenters. The molecule has 17 heavy (non-hydrogen) atoms. The van der Waals surface area contributed by atoms with Gasteiger partial charge in [0.2, 0.25) is 0 Å². The lowest BCUT2D eigenvalue weighted by Crippen LogP contribution is -2.30. The van der Waals surface area contributed by atoms with Crippen molar-refractivity contribution in [1.29, 1.82) is 0 Å². The monoisotopic (exact) mass is 320 g/mol. The number of β-amino-alcohol motifs (C(OH)–C–C–N with tert-alkyl or cyclic N) is 2. The van der Waals surface area contributed by atoms with Crippen molar-refractivity contribution >= 4 is 33.4 Å². The topological polar surface area (TPSA) is 73.7 Å². The van der Waals surface area contributed by atoms with Crippen LogP contribution in [0.4, 0.5) is 0 Å². The molecule has 2 N–H and O–H groups in total. The van der Waals surface area contributed by atoms with Gasteiger partial charge in [0, 0.05) is 23.8 Å². The lowest BCUT2D eigenvalue weighted by atomic mass is 10.2. The molecule has 2 rings (SSSR count). The van der Waals surface area contributed by atoms with Crippen LogP contribution in [0.1, 0.15) is 10.4 Å². The van der Waals surface area contributed by atoms with Crippen LogP contribution in [0.3, 0.4) is 0 Å². The molecule has 0 spiro atoms. The second kappa shape index (κ2) is 4.89. The quantitative estimate of drug-likeness (QED) is 0.746. The van der Waals surface area contributed by atoms with Gasteiger partial charge in [0.1, 0.15) is 5.15 Å². The Balaban J connectivity index is 2.23. The van der Waals surface area contributed by atoms with Gasteiger partial charge in [-0.2, -0.15) is 0 Å². The highest BCUT2D eigenvalue weighted by Crippen LogP contribution is 2.21. The molecule has 0 bridgehead atoms. The normalized spacial score (nSPS) is 24.1. The maximum Gasteiger partial charge on any atom is 0.257 e. The molecule has 1 aromatic heterocycles. The Bertz CT molecular complexity index is 447. The number of likely N-dealkylation sites (tertiary alicyclic amines) is 1. The molecule has 1 fully saturated rings. The lowest BCUT2D eigenvalue weighted by molar-refractivity contribution is 0.0572. The molecular weight excluding hydrogens is 311 g/mol. The number of nitrogens with zero attached hydrogens (tertiary/aromatic N) is 2. The molecule has 0 aromatic carbocycles. The lowest BCUT2D eigenvalue weighted by Gasteiger charge is -2.15. The molecule has 5 nitrogen and oxygen atoms in total. The molecule has 7 heteroatoms. The third kappa shape index (κ3) is 2.60. The van der Waals surface area contributed by atoms with Crippen LogP contribution in [0, 0.1) is 0 Å². The van der Waals surface area contributed by atoms with Gasteiger partial charge in [0.05, 0.1) is 17.8 Å². The number of hydrogen-bond donors (Lipinski definition) is 2. The van der Waals surface area contributed by atoms with Gasteiger partial charge < -0.3 is 15.1 Å². The van der Waals surface area contributed by atoms with Gasteiger partial charge >= 0.3 is 0 Å². The van der Waals surface area contributed by atoms with Crippen LogP contribution < -0.4 is 0 Å². The van der Waals surface area contributed by atoms with Gasteiger partial charge in [-0.1, -0.05) is 11.6 Å². The van der Waals surface area contributed by atoms with Gasteiger partial charge in [-0.15, -0.1) is 0 Å². The first-order valence-electron chi connectivity index (χ1n) is 4.95. The molecule has 1 aliphatic heterocycles. The number of rotatable bonds is 1. The van der Waals surface area contributed by atoms with E-state index in [1.165, 1.54) is 11.1 Å². The first-order chi connectivity index (χ1) is 7.99. The van der Waals surface area contributed by atoms with Crippen molar-refractivity contribution in [3.8, 4) is 0 Å². The number of aliphatic hydroxyl groups excluding tert-OH is 2. The van der Waals surface area contributed by atoms with E-state index < -0.39 is 12.2 Å². The molecule has 2 heterocycles. The number of halogens is 2. The van der Waals surface area contributed by atoms with E-state index in [1.807, 2.05) is 0 Å². The van der Waals surface area contributed by atoms with Crippen LogP contribution in [0.2, 0.25) is 5.15 Å². The summed E-state index contributed by atoms with van der Waals surface area (Å²) in [6.07, 6.45) is -0.317. The van der Waals surface area contributed by atoms with E-state index in [4.69, 9.17) is 11.6 Å². The Morgan fingerprint density at radius 1 is 1.47 bits per heavy atom. The Kier molecular flexibility index (Phi) is 3.67. The minimum absolute atomic E-state index is 0.100. The number of aromatic nitrogens is 1. The van der Waals surface area contributed by atoms with E-state index in [-0.39, 0.29) is 29.7 Å². The van der Waals surface area contributed by atoms with E-state index in [1.54, 1.807) is 6.07 Å². The molecule has 0 aliphatic carbocycles. The zero-order chi connectivity index (χ0) is 12.6. The van der Waals surface area contributed by atoms with Crippen LogP contribution >= 0.6 is 27.5 Å². The Morgan fingerprint density at radius 3 is 2.65 bits per heavy atom. The third-order valence-corrected chi connectivity index (χ3v) is 3.32. The van der Waals surface area contributed by atoms with Crippen molar-refractivity contribution < 1.29 is 15.0 Å². The standard InChI is InChI=1S/C10H10BrClN2O3/c11-5-1-6(9(12)13-2-5)10(17)14-3-7(15)8(16)4-14/h1-2,7-8,15-16H,3-4H2. The van der Waals surface area contributed by atoms with Crippen molar-refractivity contribution in [3.05, 3.63) is 27.5 Å². The summed E-state index contributed by atoms with van der Waals surface area (Å²) in [5, 5.41) is 18.9. The number of amides is 1. The number of pyridine rings is 1. The van der Waals surface area contributed by atoms with Gasteiger partial charge in [0.15, 0.2) is 0 Å². The van der Waals surface area contributed by atoms with Crippen molar-refractivity contribution in [3.63, 3.8) is 0 Å².